The Hall–Kier alpha value is -2.43. The van der Waals surface area contributed by atoms with E-state index in [-0.39, 0.29) is 5.91 Å². The van der Waals surface area contributed by atoms with Crippen molar-refractivity contribution < 1.29 is 4.79 Å². The van der Waals surface area contributed by atoms with Crippen LogP contribution in [0, 0.1) is 0 Å². The number of carbonyl (C=O) groups excluding carboxylic acids is 1. The van der Waals surface area contributed by atoms with Gasteiger partial charge in [-0.15, -0.1) is 0 Å². The number of pyridine rings is 2. The van der Waals surface area contributed by atoms with Gasteiger partial charge in [-0.2, -0.15) is 0 Å². The van der Waals surface area contributed by atoms with E-state index < -0.39 is 0 Å². The molecule has 0 bridgehead atoms. The second kappa shape index (κ2) is 5.77. The molecule has 0 aromatic carbocycles. The normalized spacial score (nSPS) is 9.83. The molecule has 0 spiro atoms. The summed E-state index contributed by atoms with van der Waals surface area (Å²) in [7, 11) is 1.58. The first-order valence-corrected chi connectivity index (χ1v) is 5.60. The second-order valence-electron chi connectivity index (χ2n) is 3.72. The van der Waals surface area contributed by atoms with Crippen LogP contribution in [0.3, 0.4) is 0 Å². The third kappa shape index (κ3) is 3.04. The van der Waals surface area contributed by atoms with E-state index in [2.05, 4.69) is 20.6 Å². The number of rotatable bonds is 4. The van der Waals surface area contributed by atoms with Crippen LogP contribution >= 0.6 is 0 Å². The number of nitrogens with one attached hydrogen (secondary N) is 2. The van der Waals surface area contributed by atoms with Gasteiger partial charge in [-0.3, -0.25) is 14.8 Å². The van der Waals surface area contributed by atoms with Crippen LogP contribution in [-0.2, 0) is 6.54 Å². The molecule has 0 radical (unpaired) electrons. The smallest absolute Gasteiger partial charge is 0.269 e. The van der Waals surface area contributed by atoms with Gasteiger partial charge < -0.3 is 10.6 Å². The van der Waals surface area contributed by atoms with Crippen molar-refractivity contribution >= 4 is 11.6 Å². The lowest BCUT2D eigenvalue weighted by Gasteiger charge is -2.07. The Morgan fingerprint density at radius 3 is 2.72 bits per heavy atom. The van der Waals surface area contributed by atoms with Crippen molar-refractivity contribution in [2.75, 3.05) is 12.4 Å². The summed E-state index contributed by atoms with van der Waals surface area (Å²) >= 11 is 0. The van der Waals surface area contributed by atoms with E-state index in [1.807, 2.05) is 18.2 Å². The average molecular weight is 242 g/mol. The summed E-state index contributed by atoms with van der Waals surface area (Å²) in [6, 6.07) is 7.43. The summed E-state index contributed by atoms with van der Waals surface area (Å²) in [5.74, 6) is -0.192. The summed E-state index contributed by atoms with van der Waals surface area (Å²) in [6.07, 6.45) is 5.11. The first kappa shape index (κ1) is 12.0. The third-order valence-electron chi connectivity index (χ3n) is 2.47. The van der Waals surface area contributed by atoms with Crippen molar-refractivity contribution in [1.82, 2.24) is 15.3 Å². The van der Waals surface area contributed by atoms with E-state index >= 15 is 0 Å². The summed E-state index contributed by atoms with van der Waals surface area (Å²) in [5.41, 5.74) is 2.39. The Balaban J connectivity index is 2.04. The van der Waals surface area contributed by atoms with Crippen LogP contribution in [-0.4, -0.2) is 22.9 Å². The van der Waals surface area contributed by atoms with Crippen molar-refractivity contribution in [2.45, 2.75) is 6.54 Å². The Kier molecular flexibility index (Phi) is 3.86. The van der Waals surface area contributed by atoms with E-state index in [1.165, 1.54) is 0 Å². The predicted molar refractivity (Wildman–Crippen MR) is 69.2 cm³/mol. The van der Waals surface area contributed by atoms with Gasteiger partial charge in [-0.05, 0) is 29.8 Å². The molecule has 0 saturated carbocycles. The molecule has 0 aliphatic rings. The number of hydrogen-bond donors (Lipinski definition) is 2. The van der Waals surface area contributed by atoms with Gasteiger partial charge in [-0.1, -0.05) is 0 Å². The lowest BCUT2D eigenvalue weighted by molar-refractivity contribution is 0.0958. The summed E-state index contributed by atoms with van der Waals surface area (Å²) in [5, 5.41) is 5.78. The van der Waals surface area contributed by atoms with Crippen LogP contribution in [0.1, 0.15) is 16.1 Å². The van der Waals surface area contributed by atoms with Gasteiger partial charge in [-0.25, -0.2) is 0 Å². The van der Waals surface area contributed by atoms with E-state index in [1.54, 1.807) is 31.7 Å². The molecule has 5 heteroatoms. The minimum atomic E-state index is -0.192. The van der Waals surface area contributed by atoms with Crippen molar-refractivity contribution in [1.29, 1.82) is 0 Å². The van der Waals surface area contributed by atoms with Gasteiger partial charge >= 0.3 is 0 Å². The fourth-order valence-corrected chi connectivity index (χ4v) is 1.50. The third-order valence-corrected chi connectivity index (χ3v) is 2.47. The lowest BCUT2D eigenvalue weighted by Crippen LogP contribution is -2.19. The van der Waals surface area contributed by atoms with Crippen LogP contribution in [0.2, 0.25) is 0 Å². The monoisotopic (exact) mass is 242 g/mol. The largest absolute Gasteiger partial charge is 0.381 e. The zero-order chi connectivity index (χ0) is 12.8. The number of carbonyl (C=O) groups is 1. The summed E-state index contributed by atoms with van der Waals surface area (Å²) in [6.45, 7) is 0.680. The molecule has 18 heavy (non-hydrogen) atoms. The Bertz CT molecular complexity index is 528. The molecule has 2 aromatic rings. The minimum absolute atomic E-state index is 0.192. The number of nitrogens with zero attached hydrogens (tertiary/aromatic N) is 2. The van der Waals surface area contributed by atoms with Gasteiger partial charge in [0, 0.05) is 37.9 Å². The van der Waals surface area contributed by atoms with Crippen LogP contribution in [0.25, 0.3) is 0 Å². The first-order valence-electron chi connectivity index (χ1n) is 5.60. The SMILES string of the molecule is CNC(=O)c1cc(NCc2ccncc2)ccn1. The number of hydrogen-bond acceptors (Lipinski definition) is 4. The molecule has 0 saturated heterocycles. The van der Waals surface area contributed by atoms with Gasteiger partial charge in [0.15, 0.2) is 0 Å². The molecule has 92 valence electrons. The first-order chi connectivity index (χ1) is 8.79. The molecular weight excluding hydrogens is 228 g/mol. The molecule has 0 fully saturated rings. The highest BCUT2D eigenvalue weighted by Crippen LogP contribution is 2.09. The Labute approximate surface area is 105 Å². The molecule has 2 aromatic heterocycles. The highest BCUT2D eigenvalue weighted by molar-refractivity contribution is 5.92. The molecule has 0 aliphatic heterocycles. The number of aromatic nitrogens is 2. The van der Waals surface area contributed by atoms with E-state index in [0.29, 0.717) is 12.2 Å². The quantitative estimate of drug-likeness (QED) is 0.851. The van der Waals surface area contributed by atoms with Gasteiger partial charge in [0.05, 0.1) is 0 Å². The second-order valence-corrected chi connectivity index (χ2v) is 3.72. The van der Waals surface area contributed by atoms with Crippen molar-refractivity contribution in [3.05, 3.63) is 54.1 Å². The van der Waals surface area contributed by atoms with Crippen LogP contribution in [0.15, 0.2) is 42.9 Å². The molecule has 0 unspecified atom stereocenters. The maximum absolute atomic E-state index is 11.4. The molecule has 2 rings (SSSR count). The molecule has 0 aliphatic carbocycles. The molecule has 2 heterocycles. The number of anilines is 1. The highest BCUT2D eigenvalue weighted by atomic mass is 16.1. The standard InChI is InChI=1S/C13H14N4O/c1-14-13(18)12-8-11(4-7-16-12)17-9-10-2-5-15-6-3-10/h2-8H,9H2,1H3,(H,14,18)(H,16,17). The average Bonchev–Trinajstić information content (AvgIpc) is 2.45. The fraction of sp³-hybridized carbons (Fsp3) is 0.154. The van der Waals surface area contributed by atoms with E-state index in [9.17, 15) is 4.79 Å². The van der Waals surface area contributed by atoms with Gasteiger partial charge in [0.1, 0.15) is 5.69 Å². The zero-order valence-electron chi connectivity index (χ0n) is 10.1. The maximum Gasteiger partial charge on any atom is 0.269 e. The van der Waals surface area contributed by atoms with E-state index in [0.717, 1.165) is 11.3 Å². The minimum Gasteiger partial charge on any atom is -0.381 e. The molecule has 2 N–H and O–H groups in total. The Morgan fingerprint density at radius 1 is 1.22 bits per heavy atom. The maximum atomic E-state index is 11.4. The Morgan fingerprint density at radius 2 is 2.00 bits per heavy atom. The van der Waals surface area contributed by atoms with Crippen molar-refractivity contribution in [2.24, 2.45) is 0 Å². The molecular formula is C13H14N4O. The number of amides is 1. The zero-order valence-corrected chi connectivity index (χ0v) is 10.1. The van der Waals surface area contributed by atoms with Crippen LogP contribution in [0.5, 0.6) is 0 Å². The molecule has 1 amide bonds. The van der Waals surface area contributed by atoms with Crippen LogP contribution in [0.4, 0.5) is 5.69 Å². The van der Waals surface area contributed by atoms with Crippen molar-refractivity contribution in [3.8, 4) is 0 Å². The van der Waals surface area contributed by atoms with Crippen LogP contribution < -0.4 is 10.6 Å². The van der Waals surface area contributed by atoms with Crippen molar-refractivity contribution in [3.63, 3.8) is 0 Å². The van der Waals surface area contributed by atoms with E-state index in [4.69, 9.17) is 0 Å². The predicted octanol–water partition coefficient (Wildman–Crippen LogP) is 1.45. The topological polar surface area (TPSA) is 66.9 Å². The fourth-order valence-electron chi connectivity index (χ4n) is 1.50. The lowest BCUT2D eigenvalue weighted by atomic mass is 10.2. The van der Waals surface area contributed by atoms with Gasteiger partial charge in [0.2, 0.25) is 0 Å². The summed E-state index contributed by atoms with van der Waals surface area (Å²) < 4.78 is 0. The molecule has 0 atom stereocenters. The highest BCUT2D eigenvalue weighted by Gasteiger charge is 2.04. The molecule has 5 nitrogen and oxygen atoms in total. The van der Waals surface area contributed by atoms with Gasteiger partial charge in [0.25, 0.3) is 5.91 Å². The summed E-state index contributed by atoms with van der Waals surface area (Å²) in [4.78, 5) is 19.4.